The van der Waals surface area contributed by atoms with Crippen molar-refractivity contribution in [1.82, 2.24) is 9.80 Å². The molecule has 2 aromatic carbocycles. The van der Waals surface area contributed by atoms with Crippen LogP contribution in [0, 0.1) is 17.8 Å². The number of benzene rings is 2. The number of nitrogens with zero attached hydrogens (tertiary/aromatic N) is 2. The molecule has 2 bridgehead atoms. The lowest BCUT2D eigenvalue weighted by atomic mass is 9.48. The van der Waals surface area contributed by atoms with Gasteiger partial charge in [0, 0.05) is 44.5 Å². The van der Waals surface area contributed by atoms with Gasteiger partial charge >= 0.3 is 11.9 Å². The summed E-state index contributed by atoms with van der Waals surface area (Å²) in [6.45, 7) is 4.71. The average molecular weight is 569 g/mol. The standard InChI is InChI=1S/C34H36N2O6/c1-21(37)40-27-13-12-25-19-28-34(42-22(2)38)16-15-26(35(3)29(39)14-11-23-7-5-4-6-8-23)32-33(34,30(25)31(27)41-32)17-18-36(28)20-24-9-10-24/h4-8,12-13,24,26,28,32H,9-10,15-20H2,1-3H3/t26-,28+,32-,33-,34+/m0/s1. The predicted molar refractivity (Wildman–Crippen MR) is 154 cm³/mol. The van der Waals surface area contributed by atoms with Crippen molar-refractivity contribution in [2.75, 3.05) is 20.1 Å². The molecule has 0 aromatic heterocycles. The molecule has 2 aromatic rings. The van der Waals surface area contributed by atoms with Gasteiger partial charge in [0.05, 0.1) is 17.5 Å². The number of hydrogen-bond donors (Lipinski definition) is 0. The molecule has 8 nitrogen and oxygen atoms in total. The lowest BCUT2D eigenvalue weighted by Crippen LogP contribution is -2.79. The molecule has 7 rings (SSSR count). The van der Waals surface area contributed by atoms with Crippen LogP contribution in [0.3, 0.4) is 0 Å². The summed E-state index contributed by atoms with van der Waals surface area (Å²) in [6.07, 6.45) is 4.62. The van der Waals surface area contributed by atoms with E-state index < -0.39 is 23.1 Å². The fourth-order valence-corrected chi connectivity index (χ4v) is 8.40. The van der Waals surface area contributed by atoms with E-state index in [2.05, 4.69) is 16.7 Å². The topological polar surface area (TPSA) is 85.4 Å². The minimum absolute atomic E-state index is 0.000273. The predicted octanol–water partition coefficient (Wildman–Crippen LogP) is 3.63. The first-order valence-electron chi connectivity index (χ1n) is 15.0. The highest BCUT2D eigenvalue weighted by Crippen LogP contribution is 2.67. The Morgan fingerprint density at radius 1 is 1.05 bits per heavy atom. The zero-order valence-electron chi connectivity index (χ0n) is 24.4. The van der Waals surface area contributed by atoms with Crippen LogP contribution >= 0.6 is 0 Å². The van der Waals surface area contributed by atoms with Gasteiger partial charge in [-0.15, -0.1) is 0 Å². The Bertz CT molecular complexity index is 1520. The van der Waals surface area contributed by atoms with Crippen LogP contribution in [0.4, 0.5) is 0 Å². The summed E-state index contributed by atoms with van der Waals surface area (Å²) < 4.78 is 19.1. The van der Waals surface area contributed by atoms with E-state index in [-0.39, 0.29) is 24.0 Å². The minimum Gasteiger partial charge on any atom is -0.483 e. The van der Waals surface area contributed by atoms with E-state index in [4.69, 9.17) is 14.2 Å². The molecule has 2 saturated carbocycles. The number of ether oxygens (including phenoxy) is 3. The number of carbonyl (C=O) groups excluding carboxylic acids is 3. The van der Waals surface area contributed by atoms with Crippen molar-refractivity contribution in [2.45, 2.75) is 81.6 Å². The van der Waals surface area contributed by atoms with Crippen LogP contribution in [0.25, 0.3) is 0 Å². The summed E-state index contributed by atoms with van der Waals surface area (Å²) >= 11 is 0. The molecule has 3 fully saturated rings. The van der Waals surface area contributed by atoms with E-state index in [0.29, 0.717) is 36.7 Å². The van der Waals surface area contributed by atoms with Gasteiger partial charge in [0.2, 0.25) is 0 Å². The summed E-state index contributed by atoms with van der Waals surface area (Å²) in [7, 11) is 1.78. The van der Waals surface area contributed by atoms with Gasteiger partial charge in [0.25, 0.3) is 5.91 Å². The third-order valence-corrected chi connectivity index (χ3v) is 10.2. The largest absolute Gasteiger partial charge is 0.483 e. The van der Waals surface area contributed by atoms with Crippen LogP contribution in [0.15, 0.2) is 42.5 Å². The third-order valence-electron chi connectivity index (χ3n) is 10.2. The third kappa shape index (κ3) is 4.04. The summed E-state index contributed by atoms with van der Waals surface area (Å²) in [5.74, 6) is 6.39. The van der Waals surface area contributed by atoms with Gasteiger partial charge in [-0.05, 0) is 74.8 Å². The van der Waals surface area contributed by atoms with Gasteiger partial charge in [-0.1, -0.05) is 30.2 Å². The molecule has 5 aliphatic rings. The Morgan fingerprint density at radius 2 is 1.83 bits per heavy atom. The molecule has 0 unspecified atom stereocenters. The molecule has 0 N–H and O–H groups in total. The van der Waals surface area contributed by atoms with E-state index in [1.54, 1.807) is 11.9 Å². The van der Waals surface area contributed by atoms with Gasteiger partial charge in [-0.2, -0.15) is 0 Å². The van der Waals surface area contributed by atoms with Gasteiger partial charge in [0.15, 0.2) is 11.5 Å². The molecule has 2 aliphatic heterocycles. The van der Waals surface area contributed by atoms with Crippen molar-refractivity contribution in [3.63, 3.8) is 0 Å². The SMILES string of the molecule is CC(=O)Oc1ccc2c3c1O[C@H]1[C@@H](N(C)C(=O)C#Cc4ccccc4)CC[C@@]4(OC(C)=O)[C@@H](C2)N(CC2CC2)CC[C@]314. The highest BCUT2D eigenvalue weighted by atomic mass is 16.6. The summed E-state index contributed by atoms with van der Waals surface area (Å²) in [5.41, 5.74) is 1.38. The Kier molecular flexibility index (Phi) is 6.36. The smallest absolute Gasteiger partial charge is 0.308 e. The first-order chi connectivity index (χ1) is 20.2. The number of likely N-dealkylation sites (tertiary alicyclic amines) is 1. The molecule has 1 amide bonds. The Balaban J connectivity index is 1.34. The minimum atomic E-state index is -0.820. The van der Waals surface area contributed by atoms with Crippen LogP contribution in [-0.2, 0) is 31.0 Å². The van der Waals surface area contributed by atoms with Crippen molar-refractivity contribution in [3.05, 3.63) is 59.2 Å². The fourth-order valence-electron chi connectivity index (χ4n) is 8.40. The molecular weight excluding hydrogens is 532 g/mol. The van der Waals surface area contributed by atoms with Gasteiger partial charge in [0.1, 0.15) is 11.7 Å². The van der Waals surface area contributed by atoms with E-state index in [1.165, 1.54) is 26.7 Å². The van der Waals surface area contributed by atoms with Crippen LogP contribution in [0.1, 0.15) is 62.6 Å². The van der Waals surface area contributed by atoms with Crippen molar-refractivity contribution in [1.29, 1.82) is 0 Å². The highest BCUT2D eigenvalue weighted by Gasteiger charge is 2.75. The second kappa shape index (κ2) is 9.88. The van der Waals surface area contributed by atoms with Crippen molar-refractivity contribution >= 4 is 17.8 Å². The monoisotopic (exact) mass is 568 g/mol. The lowest BCUT2D eigenvalue weighted by Gasteiger charge is -2.65. The maximum atomic E-state index is 13.5. The normalized spacial score (nSPS) is 30.2. The van der Waals surface area contributed by atoms with Crippen LogP contribution in [0.5, 0.6) is 11.5 Å². The Hall–Kier alpha value is -3.83. The Labute approximate surface area is 246 Å². The number of hydrogen-bond acceptors (Lipinski definition) is 7. The number of esters is 2. The van der Waals surface area contributed by atoms with Crippen LogP contribution < -0.4 is 9.47 Å². The van der Waals surface area contributed by atoms with E-state index in [0.717, 1.165) is 36.2 Å². The number of carbonyl (C=O) groups is 3. The quantitative estimate of drug-likeness (QED) is 0.310. The summed E-state index contributed by atoms with van der Waals surface area (Å²) in [5, 5.41) is 0. The summed E-state index contributed by atoms with van der Waals surface area (Å²) in [4.78, 5) is 42.7. The maximum Gasteiger partial charge on any atom is 0.308 e. The van der Waals surface area contributed by atoms with E-state index >= 15 is 0 Å². The molecule has 218 valence electrons. The fraction of sp³-hybridized carbons (Fsp3) is 0.500. The van der Waals surface area contributed by atoms with Crippen molar-refractivity contribution in [3.8, 4) is 23.3 Å². The van der Waals surface area contributed by atoms with E-state index in [9.17, 15) is 14.4 Å². The second-order valence-electron chi connectivity index (χ2n) is 12.6. The number of piperidine rings is 1. The molecule has 1 saturated heterocycles. The average Bonchev–Trinajstić information content (AvgIpc) is 3.71. The van der Waals surface area contributed by atoms with Crippen LogP contribution in [0.2, 0.25) is 0 Å². The first kappa shape index (κ1) is 27.0. The van der Waals surface area contributed by atoms with Gasteiger partial charge in [-0.25, -0.2) is 0 Å². The molecule has 3 aliphatic carbocycles. The lowest BCUT2D eigenvalue weighted by molar-refractivity contribution is -0.223. The number of rotatable bonds is 5. The van der Waals surface area contributed by atoms with Crippen molar-refractivity contribution in [2.24, 2.45) is 5.92 Å². The molecule has 42 heavy (non-hydrogen) atoms. The molecule has 2 heterocycles. The van der Waals surface area contributed by atoms with Crippen LogP contribution in [-0.4, -0.2) is 71.6 Å². The van der Waals surface area contributed by atoms with E-state index in [1.807, 2.05) is 42.5 Å². The molecule has 0 radical (unpaired) electrons. The van der Waals surface area contributed by atoms with Gasteiger partial charge < -0.3 is 19.1 Å². The summed E-state index contributed by atoms with van der Waals surface area (Å²) in [6, 6.07) is 13.0. The van der Waals surface area contributed by atoms with Crippen molar-refractivity contribution < 1.29 is 28.6 Å². The van der Waals surface area contributed by atoms with Gasteiger partial charge in [-0.3, -0.25) is 19.3 Å². The molecule has 5 atom stereocenters. The first-order valence-corrected chi connectivity index (χ1v) is 15.0. The maximum absolute atomic E-state index is 13.5. The highest BCUT2D eigenvalue weighted by molar-refractivity contribution is 5.94. The molecule has 1 spiro atoms. The number of amides is 1. The molecule has 8 heteroatoms. The number of likely N-dealkylation sites (N-methyl/N-ethyl adjacent to an activating group) is 1. The zero-order chi connectivity index (χ0) is 29.2. The molecular formula is C34H36N2O6. The zero-order valence-corrected chi connectivity index (χ0v) is 24.4. The second-order valence-corrected chi connectivity index (χ2v) is 12.6. The Morgan fingerprint density at radius 3 is 2.55 bits per heavy atom.